The Morgan fingerprint density at radius 1 is 1.19 bits per heavy atom. The van der Waals surface area contributed by atoms with Gasteiger partial charge in [-0.05, 0) is 19.1 Å². The van der Waals surface area contributed by atoms with Gasteiger partial charge in [0.1, 0.15) is 6.04 Å². The van der Waals surface area contributed by atoms with Crippen molar-refractivity contribution in [2.45, 2.75) is 17.9 Å². The summed E-state index contributed by atoms with van der Waals surface area (Å²) < 4.78 is 0. The second-order valence-corrected chi connectivity index (χ2v) is 6.08. The molecule has 0 spiro atoms. The van der Waals surface area contributed by atoms with Gasteiger partial charge in [0.2, 0.25) is 5.91 Å². The number of carboxylic acids is 1. The number of benzene rings is 1. The number of hydrogen-bond acceptors (Lipinski definition) is 4. The maximum atomic E-state index is 12.2. The fourth-order valence-electron chi connectivity index (χ4n) is 2.27. The zero-order valence-electron chi connectivity index (χ0n) is 12.1. The Morgan fingerprint density at radius 2 is 1.81 bits per heavy atom. The molecule has 1 aromatic carbocycles. The number of hydrogen-bond donors (Lipinski definition) is 1. The van der Waals surface area contributed by atoms with E-state index in [2.05, 4.69) is 0 Å². The lowest BCUT2D eigenvalue weighted by Crippen LogP contribution is -2.53. The molecule has 6 heteroatoms. The molecule has 21 heavy (non-hydrogen) atoms. The molecule has 0 aromatic heterocycles. The number of rotatable bonds is 5. The normalized spacial score (nSPS) is 17.5. The van der Waals surface area contributed by atoms with Gasteiger partial charge in [-0.3, -0.25) is 14.5 Å². The summed E-state index contributed by atoms with van der Waals surface area (Å²) in [7, 11) is 0. The maximum absolute atomic E-state index is 12.2. The third kappa shape index (κ3) is 4.47. The van der Waals surface area contributed by atoms with Crippen LogP contribution in [0.4, 0.5) is 0 Å². The van der Waals surface area contributed by atoms with Gasteiger partial charge in [-0.25, -0.2) is 0 Å². The van der Waals surface area contributed by atoms with E-state index in [-0.39, 0.29) is 5.91 Å². The van der Waals surface area contributed by atoms with Crippen molar-refractivity contribution in [3.8, 4) is 0 Å². The quantitative estimate of drug-likeness (QED) is 0.833. The molecule has 0 aliphatic carbocycles. The van der Waals surface area contributed by atoms with Gasteiger partial charge in [0.15, 0.2) is 0 Å². The van der Waals surface area contributed by atoms with Crippen molar-refractivity contribution in [3.63, 3.8) is 0 Å². The number of piperazine rings is 1. The summed E-state index contributed by atoms with van der Waals surface area (Å²) in [5.41, 5.74) is 0. The minimum atomic E-state index is -0.811. The summed E-state index contributed by atoms with van der Waals surface area (Å²) in [6.45, 7) is 4.13. The van der Waals surface area contributed by atoms with Gasteiger partial charge in [-0.15, -0.1) is 11.8 Å². The van der Waals surface area contributed by atoms with Gasteiger partial charge in [-0.1, -0.05) is 18.2 Å². The molecule has 1 N–H and O–H groups in total. The van der Waals surface area contributed by atoms with E-state index in [0.717, 1.165) is 4.90 Å². The van der Waals surface area contributed by atoms with Crippen molar-refractivity contribution in [3.05, 3.63) is 30.3 Å². The average molecular weight is 308 g/mol. The average Bonchev–Trinajstić information content (AvgIpc) is 2.53. The van der Waals surface area contributed by atoms with Crippen molar-refractivity contribution < 1.29 is 14.7 Å². The second-order valence-electron chi connectivity index (χ2n) is 5.03. The van der Waals surface area contributed by atoms with Crippen LogP contribution in [0.1, 0.15) is 6.92 Å². The maximum Gasteiger partial charge on any atom is 0.320 e. The van der Waals surface area contributed by atoms with E-state index >= 15 is 0 Å². The molecule has 0 saturated carbocycles. The van der Waals surface area contributed by atoms with Gasteiger partial charge < -0.3 is 10.0 Å². The Bertz CT molecular complexity index is 487. The summed E-state index contributed by atoms with van der Waals surface area (Å²) in [6.07, 6.45) is 0. The summed E-state index contributed by atoms with van der Waals surface area (Å²) in [4.78, 5) is 27.9. The lowest BCUT2D eigenvalue weighted by atomic mass is 10.2. The van der Waals surface area contributed by atoms with E-state index in [0.29, 0.717) is 31.9 Å². The molecule has 1 aliphatic heterocycles. The topological polar surface area (TPSA) is 60.9 Å². The third-order valence-corrected chi connectivity index (χ3v) is 4.67. The smallest absolute Gasteiger partial charge is 0.320 e. The molecule has 1 atom stereocenters. The number of nitrogens with zero attached hydrogens (tertiary/aromatic N) is 2. The molecule has 1 fully saturated rings. The summed E-state index contributed by atoms with van der Waals surface area (Å²) in [5.74, 6) is -0.265. The molecule has 2 rings (SSSR count). The Morgan fingerprint density at radius 3 is 2.38 bits per heavy atom. The summed E-state index contributed by atoms with van der Waals surface area (Å²) >= 11 is 1.54. The Balaban J connectivity index is 1.77. The number of carbonyl (C=O) groups is 2. The Kier molecular flexibility index (Phi) is 5.64. The monoisotopic (exact) mass is 308 g/mol. The molecule has 0 radical (unpaired) electrons. The molecule has 1 unspecified atom stereocenters. The lowest BCUT2D eigenvalue weighted by molar-refractivity contribution is -0.143. The minimum absolute atomic E-state index is 0.117. The van der Waals surface area contributed by atoms with E-state index in [1.54, 1.807) is 6.92 Å². The lowest BCUT2D eigenvalue weighted by Gasteiger charge is -2.36. The predicted octanol–water partition coefficient (Wildman–Crippen LogP) is 1.40. The fourth-order valence-corrected chi connectivity index (χ4v) is 3.09. The zero-order valence-corrected chi connectivity index (χ0v) is 12.9. The molecular formula is C15H20N2O3S. The number of aliphatic carboxylic acids is 1. The highest BCUT2D eigenvalue weighted by molar-refractivity contribution is 8.00. The van der Waals surface area contributed by atoms with Crippen LogP contribution >= 0.6 is 11.8 Å². The highest BCUT2D eigenvalue weighted by Crippen LogP contribution is 2.18. The minimum Gasteiger partial charge on any atom is -0.480 e. The van der Waals surface area contributed by atoms with Crippen LogP contribution in [0.25, 0.3) is 0 Å². The second kappa shape index (κ2) is 7.47. The molecule has 1 saturated heterocycles. The van der Waals surface area contributed by atoms with Crippen LogP contribution < -0.4 is 0 Å². The summed E-state index contributed by atoms with van der Waals surface area (Å²) in [6, 6.07) is 9.36. The van der Waals surface area contributed by atoms with Crippen LogP contribution in [0, 0.1) is 0 Å². The molecule has 1 aliphatic rings. The number of carbonyl (C=O) groups excluding carboxylic acids is 1. The van der Waals surface area contributed by atoms with Gasteiger partial charge >= 0.3 is 5.97 Å². The summed E-state index contributed by atoms with van der Waals surface area (Å²) in [5, 5.41) is 8.99. The molecule has 5 nitrogen and oxygen atoms in total. The highest BCUT2D eigenvalue weighted by Gasteiger charge is 2.26. The first-order chi connectivity index (χ1) is 10.1. The number of carboxylic acid groups (broad SMARTS) is 1. The standard InChI is InChI=1S/C15H20N2O3S/c1-12(15(19)20)16-7-9-17(10-8-16)14(18)11-21-13-5-3-2-4-6-13/h2-6,12H,7-11H2,1H3,(H,19,20). The molecular weight excluding hydrogens is 288 g/mol. The fraction of sp³-hybridized carbons (Fsp3) is 0.467. The first kappa shape index (κ1) is 15.9. The van der Waals surface area contributed by atoms with E-state index in [1.807, 2.05) is 40.1 Å². The van der Waals surface area contributed by atoms with Crippen LogP contribution in [0.3, 0.4) is 0 Å². The highest BCUT2D eigenvalue weighted by atomic mass is 32.2. The SMILES string of the molecule is CC(C(=O)O)N1CCN(C(=O)CSc2ccccc2)CC1. The van der Waals surface area contributed by atoms with Crippen molar-refractivity contribution in [2.24, 2.45) is 0 Å². The van der Waals surface area contributed by atoms with Crippen molar-refractivity contribution >= 4 is 23.6 Å². The predicted molar refractivity (Wildman–Crippen MR) is 82.4 cm³/mol. The van der Waals surface area contributed by atoms with Gasteiger partial charge in [0.05, 0.1) is 5.75 Å². The molecule has 0 bridgehead atoms. The molecule has 1 aromatic rings. The molecule has 1 amide bonds. The van der Waals surface area contributed by atoms with E-state index < -0.39 is 12.0 Å². The number of amides is 1. The van der Waals surface area contributed by atoms with E-state index in [9.17, 15) is 9.59 Å². The third-order valence-electron chi connectivity index (χ3n) is 3.68. The van der Waals surface area contributed by atoms with Crippen LogP contribution in [-0.4, -0.2) is 64.8 Å². The van der Waals surface area contributed by atoms with Crippen LogP contribution in [0.5, 0.6) is 0 Å². The van der Waals surface area contributed by atoms with Crippen molar-refractivity contribution in [1.82, 2.24) is 9.80 Å². The Hall–Kier alpha value is -1.53. The van der Waals surface area contributed by atoms with Crippen LogP contribution in [0.2, 0.25) is 0 Å². The van der Waals surface area contributed by atoms with Crippen molar-refractivity contribution in [1.29, 1.82) is 0 Å². The molecule has 1 heterocycles. The van der Waals surface area contributed by atoms with E-state index in [1.165, 1.54) is 11.8 Å². The zero-order chi connectivity index (χ0) is 15.2. The Labute approximate surface area is 128 Å². The van der Waals surface area contributed by atoms with Gasteiger partial charge in [0.25, 0.3) is 0 Å². The first-order valence-electron chi connectivity index (χ1n) is 7.00. The van der Waals surface area contributed by atoms with Crippen LogP contribution in [0.15, 0.2) is 35.2 Å². The van der Waals surface area contributed by atoms with Crippen LogP contribution in [-0.2, 0) is 9.59 Å². The first-order valence-corrected chi connectivity index (χ1v) is 7.99. The largest absolute Gasteiger partial charge is 0.480 e. The van der Waals surface area contributed by atoms with E-state index in [4.69, 9.17) is 5.11 Å². The molecule has 114 valence electrons. The van der Waals surface area contributed by atoms with Gasteiger partial charge in [0, 0.05) is 31.1 Å². The van der Waals surface area contributed by atoms with Gasteiger partial charge in [-0.2, -0.15) is 0 Å². The number of thioether (sulfide) groups is 1. The van der Waals surface area contributed by atoms with Crippen molar-refractivity contribution in [2.75, 3.05) is 31.9 Å².